The second-order valence-electron chi connectivity index (χ2n) is 3.73. The highest BCUT2D eigenvalue weighted by molar-refractivity contribution is 7.92. The van der Waals surface area contributed by atoms with Crippen molar-refractivity contribution in [3.8, 4) is 5.75 Å². The molecule has 0 aliphatic rings. The number of nitrogens with one attached hydrogen (secondary N) is 1. The number of phenols is 1. The second kappa shape index (κ2) is 4.85. The summed E-state index contributed by atoms with van der Waals surface area (Å²) in [4.78, 5) is -0.254. The number of aromatic hydroxyl groups is 1. The lowest BCUT2D eigenvalue weighted by Crippen LogP contribution is -2.14. The largest absolute Gasteiger partial charge is 0.508 e. The van der Waals surface area contributed by atoms with E-state index in [1.54, 1.807) is 0 Å². The number of hydrogen-bond acceptors (Lipinski definition) is 3. The number of hydrogen-bond donors (Lipinski definition) is 2. The molecule has 0 fully saturated rings. The zero-order valence-corrected chi connectivity index (χ0v) is 10.3. The van der Waals surface area contributed by atoms with Crippen molar-refractivity contribution < 1.29 is 22.3 Å². The van der Waals surface area contributed by atoms with Crippen LogP contribution < -0.4 is 4.72 Å². The summed E-state index contributed by atoms with van der Waals surface area (Å²) < 4.78 is 52.0. The Labute approximate surface area is 108 Å². The van der Waals surface area contributed by atoms with Crippen LogP contribution in [0.2, 0.25) is 0 Å². The predicted molar refractivity (Wildman–Crippen MR) is 65.3 cm³/mol. The van der Waals surface area contributed by atoms with Gasteiger partial charge in [-0.05, 0) is 24.3 Å². The van der Waals surface area contributed by atoms with Gasteiger partial charge in [-0.2, -0.15) is 0 Å². The monoisotopic (exact) mass is 285 g/mol. The number of benzene rings is 2. The van der Waals surface area contributed by atoms with Gasteiger partial charge in [0.2, 0.25) is 0 Å². The molecule has 19 heavy (non-hydrogen) atoms. The van der Waals surface area contributed by atoms with Crippen LogP contribution in [0.1, 0.15) is 0 Å². The summed E-state index contributed by atoms with van der Waals surface area (Å²) in [7, 11) is -4.09. The highest BCUT2D eigenvalue weighted by Crippen LogP contribution is 2.22. The zero-order chi connectivity index (χ0) is 14.0. The molecule has 7 heteroatoms. The third-order valence-electron chi connectivity index (χ3n) is 2.30. The minimum atomic E-state index is -4.09. The van der Waals surface area contributed by atoms with E-state index < -0.39 is 27.3 Å². The van der Waals surface area contributed by atoms with Crippen molar-refractivity contribution in [3.63, 3.8) is 0 Å². The van der Waals surface area contributed by atoms with Crippen LogP contribution in [0.15, 0.2) is 47.4 Å². The van der Waals surface area contributed by atoms with E-state index in [9.17, 15) is 22.3 Å². The molecule has 0 saturated carbocycles. The van der Waals surface area contributed by atoms with Crippen molar-refractivity contribution in [2.75, 3.05) is 4.72 Å². The number of phenolic OH excluding ortho intramolecular Hbond substituents is 1. The van der Waals surface area contributed by atoms with E-state index in [0.29, 0.717) is 0 Å². The summed E-state index contributed by atoms with van der Waals surface area (Å²) in [5.74, 6) is -1.91. The fourth-order valence-corrected chi connectivity index (χ4v) is 2.53. The Morgan fingerprint density at radius 3 is 2.47 bits per heavy atom. The van der Waals surface area contributed by atoms with Gasteiger partial charge in [0.15, 0.2) is 0 Å². The second-order valence-corrected chi connectivity index (χ2v) is 5.41. The van der Waals surface area contributed by atoms with Crippen LogP contribution in [0, 0.1) is 11.6 Å². The maximum atomic E-state index is 13.4. The number of rotatable bonds is 3. The molecule has 0 bridgehead atoms. The molecule has 2 N–H and O–H groups in total. The van der Waals surface area contributed by atoms with Crippen LogP contribution in [0.25, 0.3) is 0 Å². The van der Waals surface area contributed by atoms with Crippen LogP contribution in [-0.4, -0.2) is 13.5 Å². The number of anilines is 1. The summed E-state index contributed by atoms with van der Waals surface area (Å²) in [6.45, 7) is 0. The molecule has 100 valence electrons. The molecule has 0 atom stereocenters. The molecule has 0 aromatic heterocycles. The van der Waals surface area contributed by atoms with Gasteiger partial charge in [-0.3, -0.25) is 4.72 Å². The van der Waals surface area contributed by atoms with E-state index in [0.717, 1.165) is 24.3 Å². The minimum absolute atomic E-state index is 0.248. The van der Waals surface area contributed by atoms with Gasteiger partial charge in [0.05, 0.1) is 10.6 Å². The molecule has 0 heterocycles. The molecule has 2 aromatic carbocycles. The quantitative estimate of drug-likeness (QED) is 0.910. The van der Waals surface area contributed by atoms with Crippen LogP contribution in [-0.2, 0) is 10.0 Å². The Hall–Kier alpha value is -2.15. The Kier molecular flexibility index (Phi) is 3.39. The van der Waals surface area contributed by atoms with Gasteiger partial charge in [0.1, 0.15) is 17.4 Å². The van der Waals surface area contributed by atoms with E-state index in [-0.39, 0.29) is 10.6 Å². The van der Waals surface area contributed by atoms with Gasteiger partial charge in [-0.15, -0.1) is 0 Å². The highest BCUT2D eigenvalue weighted by atomic mass is 32.2. The number of halogens is 2. The lowest BCUT2D eigenvalue weighted by atomic mass is 10.3. The van der Waals surface area contributed by atoms with E-state index in [4.69, 9.17) is 0 Å². The summed E-state index contributed by atoms with van der Waals surface area (Å²) in [6.07, 6.45) is 0. The standard InChI is InChI=1S/C12H9F2NO3S/c13-8-4-5-11(14)12(6-8)15-19(17,18)10-3-1-2-9(16)7-10/h1-7,15-16H. The Balaban J connectivity index is 2.39. The van der Waals surface area contributed by atoms with Gasteiger partial charge >= 0.3 is 0 Å². The van der Waals surface area contributed by atoms with Crippen LogP contribution in [0.5, 0.6) is 5.75 Å². The predicted octanol–water partition coefficient (Wildman–Crippen LogP) is 2.47. The number of sulfonamides is 1. The molecule has 0 aliphatic heterocycles. The molecule has 0 unspecified atom stereocenters. The first-order valence-corrected chi connectivity index (χ1v) is 6.64. The van der Waals surface area contributed by atoms with Crippen LogP contribution in [0.3, 0.4) is 0 Å². The zero-order valence-electron chi connectivity index (χ0n) is 9.47. The SMILES string of the molecule is O=S(=O)(Nc1cc(F)ccc1F)c1cccc(O)c1. The third kappa shape index (κ3) is 3.00. The van der Waals surface area contributed by atoms with E-state index in [1.165, 1.54) is 18.2 Å². The molecule has 2 rings (SSSR count). The van der Waals surface area contributed by atoms with E-state index in [1.807, 2.05) is 4.72 Å². The molecular weight excluding hydrogens is 276 g/mol. The molecule has 0 radical (unpaired) electrons. The summed E-state index contributed by atoms with van der Waals surface area (Å²) in [5.41, 5.74) is -0.497. The molecule has 0 spiro atoms. The summed E-state index contributed by atoms with van der Waals surface area (Å²) in [5, 5.41) is 9.21. The van der Waals surface area contributed by atoms with Gasteiger partial charge in [-0.25, -0.2) is 17.2 Å². The van der Waals surface area contributed by atoms with Crippen LogP contribution >= 0.6 is 0 Å². The average molecular weight is 285 g/mol. The van der Waals surface area contributed by atoms with Crippen molar-refractivity contribution in [1.82, 2.24) is 0 Å². The molecule has 0 aliphatic carbocycles. The minimum Gasteiger partial charge on any atom is -0.508 e. The Bertz CT molecular complexity index is 717. The molecule has 0 saturated heterocycles. The van der Waals surface area contributed by atoms with Crippen molar-refractivity contribution in [2.24, 2.45) is 0 Å². The Morgan fingerprint density at radius 2 is 1.79 bits per heavy atom. The molecular formula is C12H9F2NO3S. The first-order valence-electron chi connectivity index (χ1n) is 5.15. The Morgan fingerprint density at radius 1 is 1.05 bits per heavy atom. The first-order chi connectivity index (χ1) is 8.88. The first kappa shape index (κ1) is 13.3. The fourth-order valence-electron chi connectivity index (χ4n) is 1.43. The molecule has 2 aromatic rings. The van der Waals surface area contributed by atoms with Crippen LogP contribution in [0.4, 0.5) is 14.5 Å². The topological polar surface area (TPSA) is 66.4 Å². The van der Waals surface area contributed by atoms with Gasteiger partial charge in [0, 0.05) is 12.1 Å². The van der Waals surface area contributed by atoms with Crippen molar-refractivity contribution in [2.45, 2.75) is 4.90 Å². The molecule has 4 nitrogen and oxygen atoms in total. The van der Waals surface area contributed by atoms with Crippen molar-refractivity contribution >= 4 is 15.7 Å². The maximum Gasteiger partial charge on any atom is 0.262 e. The van der Waals surface area contributed by atoms with Crippen molar-refractivity contribution in [1.29, 1.82) is 0 Å². The lowest BCUT2D eigenvalue weighted by Gasteiger charge is -2.09. The van der Waals surface area contributed by atoms with E-state index in [2.05, 4.69) is 0 Å². The van der Waals surface area contributed by atoms with Gasteiger partial charge < -0.3 is 5.11 Å². The maximum absolute atomic E-state index is 13.4. The van der Waals surface area contributed by atoms with Crippen molar-refractivity contribution in [3.05, 3.63) is 54.1 Å². The van der Waals surface area contributed by atoms with Gasteiger partial charge in [0.25, 0.3) is 10.0 Å². The summed E-state index contributed by atoms with van der Waals surface area (Å²) >= 11 is 0. The fraction of sp³-hybridized carbons (Fsp3) is 0. The van der Waals surface area contributed by atoms with Gasteiger partial charge in [-0.1, -0.05) is 6.07 Å². The van der Waals surface area contributed by atoms with E-state index >= 15 is 0 Å². The summed E-state index contributed by atoms with van der Waals surface area (Å²) in [6, 6.07) is 7.26. The third-order valence-corrected chi connectivity index (χ3v) is 3.66. The lowest BCUT2D eigenvalue weighted by molar-refractivity contribution is 0.473. The smallest absolute Gasteiger partial charge is 0.262 e. The average Bonchev–Trinajstić information content (AvgIpc) is 2.33. The highest BCUT2D eigenvalue weighted by Gasteiger charge is 2.17. The normalized spacial score (nSPS) is 11.3. The molecule has 0 amide bonds.